The summed E-state index contributed by atoms with van der Waals surface area (Å²) in [6.07, 6.45) is 3.90. The van der Waals surface area contributed by atoms with E-state index >= 15 is 0 Å². The first kappa shape index (κ1) is 25.1. The van der Waals surface area contributed by atoms with Gasteiger partial charge in [-0.15, -0.1) is 24.0 Å². The Morgan fingerprint density at radius 2 is 1.87 bits per heavy atom. The van der Waals surface area contributed by atoms with Gasteiger partial charge < -0.3 is 20.4 Å². The summed E-state index contributed by atoms with van der Waals surface area (Å²) < 4.78 is 0. The maximum atomic E-state index is 12.6. The van der Waals surface area contributed by atoms with Crippen molar-refractivity contribution >= 4 is 53.4 Å². The number of hydrogen-bond acceptors (Lipinski definition) is 5. The fourth-order valence-corrected chi connectivity index (χ4v) is 3.42. The number of aliphatic imine (C=N–C) groups is 1. The second-order valence-electron chi connectivity index (χ2n) is 6.92. The number of carbonyl (C=O) groups excluding carboxylic acids is 1. The highest BCUT2D eigenvalue weighted by Gasteiger charge is 2.22. The van der Waals surface area contributed by atoms with Gasteiger partial charge >= 0.3 is 0 Å². The molecule has 1 aliphatic rings. The molecule has 0 radical (unpaired) electrons. The molecule has 10 heteroatoms. The minimum Gasteiger partial charge on any atom is -0.357 e. The second-order valence-corrected chi connectivity index (χ2v) is 7.35. The van der Waals surface area contributed by atoms with Crippen molar-refractivity contribution in [2.75, 3.05) is 44.2 Å². The van der Waals surface area contributed by atoms with Crippen molar-refractivity contribution < 1.29 is 4.79 Å². The first-order chi connectivity index (χ1) is 14.7. The number of guanidine groups is 1. The Morgan fingerprint density at radius 1 is 1.13 bits per heavy atom. The van der Waals surface area contributed by atoms with Gasteiger partial charge in [-0.05, 0) is 30.7 Å². The maximum Gasteiger partial charge on any atom is 0.225 e. The van der Waals surface area contributed by atoms with E-state index in [1.54, 1.807) is 18.5 Å². The SMILES string of the molecule is CCNC(=NCc1cccc(Cl)c1)NCCC(=O)N1CCN(c2ncccn2)CC1.I. The molecule has 1 amide bonds. The number of aromatic nitrogens is 2. The Labute approximate surface area is 205 Å². The van der Waals surface area contributed by atoms with Crippen LogP contribution in [0.4, 0.5) is 5.95 Å². The molecule has 0 bridgehead atoms. The smallest absolute Gasteiger partial charge is 0.225 e. The van der Waals surface area contributed by atoms with Gasteiger partial charge in [0.2, 0.25) is 11.9 Å². The lowest BCUT2D eigenvalue weighted by atomic mass is 10.2. The molecular weight excluding hydrogens is 529 g/mol. The van der Waals surface area contributed by atoms with Crippen LogP contribution in [0.3, 0.4) is 0 Å². The molecule has 3 rings (SSSR count). The van der Waals surface area contributed by atoms with Crippen molar-refractivity contribution in [3.63, 3.8) is 0 Å². The molecule has 8 nitrogen and oxygen atoms in total. The van der Waals surface area contributed by atoms with E-state index in [0.717, 1.165) is 31.1 Å². The van der Waals surface area contributed by atoms with E-state index in [1.165, 1.54) is 0 Å². The average molecular weight is 558 g/mol. The summed E-state index contributed by atoms with van der Waals surface area (Å²) >= 11 is 6.03. The highest BCUT2D eigenvalue weighted by molar-refractivity contribution is 14.0. The van der Waals surface area contributed by atoms with Crippen LogP contribution in [0.2, 0.25) is 5.02 Å². The third-order valence-electron chi connectivity index (χ3n) is 4.75. The van der Waals surface area contributed by atoms with E-state index in [4.69, 9.17) is 11.6 Å². The highest BCUT2D eigenvalue weighted by Crippen LogP contribution is 2.12. The Bertz CT molecular complexity index is 845. The second kappa shape index (κ2) is 13.3. The van der Waals surface area contributed by atoms with Crippen LogP contribution in [-0.4, -0.2) is 66.0 Å². The van der Waals surface area contributed by atoms with Crippen LogP contribution in [0.15, 0.2) is 47.7 Å². The molecule has 31 heavy (non-hydrogen) atoms. The summed E-state index contributed by atoms with van der Waals surface area (Å²) in [5.74, 6) is 1.55. The zero-order valence-electron chi connectivity index (χ0n) is 17.6. The lowest BCUT2D eigenvalue weighted by Gasteiger charge is -2.34. The summed E-state index contributed by atoms with van der Waals surface area (Å²) in [5, 5.41) is 7.14. The van der Waals surface area contributed by atoms with Crippen LogP contribution in [0, 0.1) is 0 Å². The summed E-state index contributed by atoms with van der Waals surface area (Å²) in [5.41, 5.74) is 1.04. The molecule has 0 aliphatic carbocycles. The minimum atomic E-state index is 0. The molecule has 2 aromatic rings. The number of hydrogen-bond donors (Lipinski definition) is 2. The van der Waals surface area contributed by atoms with Crippen molar-refractivity contribution in [3.05, 3.63) is 53.3 Å². The van der Waals surface area contributed by atoms with Crippen molar-refractivity contribution in [1.29, 1.82) is 0 Å². The first-order valence-corrected chi connectivity index (χ1v) is 10.6. The molecular formula is C21H29ClIN7O. The van der Waals surface area contributed by atoms with E-state index in [-0.39, 0.29) is 29.9 Å². The minimum absolute atomic E-state index is 0. The van der Waals surface area contributed by atoms with Gasteiger partial charge in [0.25, 0.3) is 0 Å². The number of carbonyl (C=O) groups is 1. The molecule has 0 spiro atoms. The summed E-state index contributed by atoms with van der Waals surface area (Å²) in [6.45, 7) is 6.66. The van der Waals surface area contributed by atoms with Crippen molar-refractivity contribution in [2.24, 2.45) is 4.99 Å². The lowest BCUT2D eigenvalue weighted by molar-refractivity contribution is -0.131. The number of nitrogens with one attached hydrogen (secondary N) is 2. The Balaban J connectivity index is 0.00000341. The monoisotopic (exact) mass is 557 g/mol. The van der Waals surface area contributed by atoms with Crippen LogP contribution >= 0.6 is 35.6 Å². The molecule has 1 fully saturated rings. The number of benzene rings is 1. The zero-order chi connectivity index (χ0) is 21.2. The Morgan fingerprint density at radius 3 is 2.55 bits per heavy atom. The van der Waals surface area contributed by atoms with E-state index in [0.29, 0.717) is 43.6 Å². The van der Waals surface area contributed by atoms with Crippen molar-refractivity contribution in [1.82, 2.24) is 25.5 Å². The molecule has 2 N–H and O–H groups in total. The quantitative estimate of drug-likeness (QED) is 0.309. The molecule has 1 aromatic heterocycles. The topological polar surface area (TPSA) is 85.8 Å². The summed E-state index contributed by atoms with van der Waals surface area (Å²) in [4.78, 5) is 29.7. The average Bonchev–Trinajstić information content (AvgIpc) is 2.78. The van der Waals surface area contributed by atoms with E-state index in [1.807, 2.05) is 36.1 Å². The van der Waals surface area contributed by atoms with E-state index in [2.05, 4.69) is 30.5 Å². The van der Waals surface area contributed by atoms with Gasteiger partial charge in [0.05, 0.1) is 6.54 Å². The first-order valence-electron chi connectivity index (χ1n) is 10.2. The summed E-state index contributed by atoms with van der Waals surface area (Å²) in [7, 11) is 0. The molecule has 1 aliphatic heterocycles. The van der Waals surface area contributed by atoms with Crippen LogP contribution < -0.4 is 15.5 Å². The number of anilines is 1. The van der Waals surface area contributed by atoms with Gasteiger partial charge in [0.1, 0.15) is 0 Å². The predicted molar refractivity (Wildman–Crippen MR) is 135 cm³/mol. The molecule has 2 heterocycles. The number of rotatable bonds is 7. The van der Waals surface area contributed by atoms with Gasteiger partial charge in [-0.3, -0.25) is 4.79 Å². The number of nitrogens with zero attached hydrogens (tertiary/aromatic N) is 5. The third kappa shape index (κ3) is 8.13. The standard InChI is InChI=1S/C21H28ClN7O.HI/c1-2-23-20(27-16-17-5-3-6-18(22)15-17)24-10-7-19(30)28-11-13-29(14-12-28)21-25-8-4-9-26-21;/h3-6,8-9,15H,2,7,10-14,16H2,1H3,(H2,23,24,27);1H. The fourth-order valence-electron chi connectivity index (χ4n) is 3.20. The zero-order valence-corrected chi connectivity index (χ0v) is 20.7. The normalized spacial score (nSPS) is 14.1. The molecule has 1 aromatic carbocycles. The predicted octanol–water partition coefficient (Wildman–Crippen LogP) is 2.54. The van der Waals surface area contributed by atoms with Crippen LogP contribution in [0.1, 0.15) is 18.9 Å². The number of piperazine rings is 1. The van der Waals surface area contributed by atoms with Gasteiger partial charge in [-0.25, -0.2) is 15.0 Å². The lowest BCUT2D eigenvalue weighted by Crippen LogP contribution is -2.50. The van der Waals surface area contributed by atoms with Crippen LogP contribution in [0.25, 0.3) is 0 Å². The molecule has 1 saturated heterocycles. The Kier molecular flexibility index (Phi) is 10.8. The highest BCUT2D eigenvalue weighted by atomic mass is 127. The van der Waals surface area contributed by atoms with Gasteiger partial charge in [-0.2, -0.15) is 0 Å². The van der Waals surface area contributed by atoms with Gasteiger partial charge in [0.15, 0.2) is 5.96 Å². The Hall–Kier alpha value is -2.14. The van der Waals surface area contributed by atoms with Crippen molar-refractivity contribution in [2.45, 2.75) is 19.9 Å². The van der Waals surface area contributed by atoms with Gasteiger partial charge in [0, 0.05) is 63.1 Å². The number of amides is 1. The number of halogens is 2. The fraction of sp³-hybridized carbons (Fsp3) is 0.429. The molecule has 168 valence electrons. The van der Waals surface area contributed by atoms with Gasteiger partial charge in [-0.1, -0.05) is 23.7 Å². The summed E-state index contributed by atoms with van der Waals surface area (Å²) in [6, 6.07) is 9.45. The third-order valence-corrected chi connectivity index (χ3v) is 4.99. The van der Waals surface area contributed by atoms with E-state index in [9.17, 15) is 4.79 Å². The largest absolute Gasteiger partial charge is 0.357 e. The molecule has 0 saturated carbocycles. The van der Waals surface area contributed by atoms with E-state index < -0.39 is 0 Å². The maximum absolute atomic E-state index is 12.6. The molecule has 0 atom stereocenters. The van der Waals surface area contributed by atoms with Crippen LogP contribution in [0.5, 0.6) is 0 Å². The van der Waals surface area contributed by atoms with Crippen molar-refractivity contribution in [3.8, 4) is 0 Å². The molecule has 0 unspecified atom stereocenters. The van der Waals surface area contributed by atoms with Crippen LogP contribution in [-0.2, 0) is 11.3 Å².